The lowest BCUT2D eigenvalue weighted by molar-refractivity contribution is -0.173. The smallest absolute Gasteiger partial charge is 0.376 e. The molecule has 0 saturated heterocycles. The number of carbonyl (C=O) groups is 2. The van der Waals surface area contributed by atoms with Crippen molar-refractivity contribution in [3.63, 3.8) is 0 Å². The van der Waals surface area contributed by atoms with Crippen LogP contribution in [-0.4, -0.2) is 31.1 Å². The van der Waals surface area contributed by atoms with Crippen molar-refractivity contribution >= 4 is 11.9 Å². The highest BCUT2D eigenvalue weighted by molar-refractivity contribution is 5.77. The largest absolute Gasteiger partial charge is 0.462 e. The number of hydrogen-bond donors (Lipinski definition) is 0. The average Bonchev–Trinajstić information content (AvgIpc) is 2.22. The molecule has 0 heterocycles. The highest BCUT2D eigenvalue weighted by Crippen LogP contribution is 2.21. The maximum Gasteiger partial charge on any atom is 0.376 e. The summed E-state index contributed by atoms with van der Waals surface area (Å²) in [6.45, 7) is 5.11. The lowest BCUT2D eigenvalue weighted by Crippen LogP contribution is -2.30. The topological polar surface area (TPSA) is 52.6 Å². The Labute approximate surface area is 114 Å². The second-order valence-electron chi connectivity index (χ2n) is 4.40. The van der Waals surface area contributed by atoms with Crippen LogP contribution in [0.2, 0.25) is 0 Å². The Hall–Kier alpha value is -1.20. The second-order valence-corrected chi connectivity index (χ2v) is 4.40. The summed E-state index contributed by atoms with van der Waals surface area (Å²) in [6.07, 6.45) is 0.596. The minimum atomic E-state index is -3.52. The monoisotopic (exact) mass is 284 g/mol. The molecule has 0 unspecified atom stereocenters. The van der Waals surface area contributed by atoms with Gasteiger partial charge < -0.3 is 9.47 Å². The molecule has 0 aromatic heterocycles. The lowest BCUT2D eigenvalue weighted by Gasteiger charge is -2.20. The molecular weight excluding hydrogens is 258 g/mol. The molecule has 116 valence electrons. The van der Waals surface area contributed by atoms with Crippen LogP contribution in [-0.2, 0) is 19.1 Å². The van der Waals surface area contributed by atoms with Gasteiger partial charge in [-0.3, -0.25) is 4.79 Å². The van der Waals surface area contributed by atoms with E-state index in [1.807, 2.05) is 6.92 Å². The fraction of sp³-hybridized carbons (Fsp3) is 0.846. The van der Waals surface area contributed by atoms with Crippen LogP contribution in [0.3, 0.4) is 0 Å². The Morgan fingerprint density at radius 1 is 0.947 bits per heavy atom. The molecule has 4 nitrogen and oxygen atoms in total. The first-order valence-electron chi connectivity index (χ1n) is 5.33. The average molecular weight is 284 g/mol. The van der Waals surface area contributed by atoms with Crippen LogP contribution in [0.5, 0.6) is 0 Å². The molecule has 6 heteroatoms. The molecule has 0 aliphatic carbocycles. The third-order valence-electron chi connectivity index (χ3n) is 2.34. The number of carbonyl (C=O) groups excluding carboxylic acids is 2. The Morgan fingerprint density at radius 3 is 1.63 bits per heavy atom. The van der Waals surface area contributed by atoms with Crippen molar-refractivity contribution in [2.75, 3.05) is 13.2 Å². The minimum absolute atomic E-state index is 0. The van der Waals surface area contributed by atoms with Gasteiger partial charge >= 0.3 is 17.9 Å². The lowest BCUT2D eigenvalue weighted by atomic mass is 9.91. The quantitative estimate of drug-likeness (QED) is 0.554. The number of alkyl halides is 2. The fourth-order valence-electron chi connectivity index (χ4n) is 0.735. The van der Waals surface area contributed by atoms with E-state index in [9.17, 15) is 18.4 Å². The number of ether oxygens (including phenoxy) is 2. The molecule has 0 amide bonds. The summed E-state index contributed by atoms with van der Waals surface area (Å²) in [5.41, 5.74) is -0.626. The summed E-state index contributed by atoms with van der Waals surface area (Å²) in [5.74, 6) is -5.59. The summed E-state index contributed by atoms with van der Waals surface area (Å²) >= 11 is 0. The molecule has 0 aromatic carbocycles. The van der Waals surface area contributed by atoms with Crippen molar-refractivity contribution in [1.82, 2.24) is 0 Å². The fourth-order valence-corrected chi connectivity index (χ4v) is 0.735. The van der Waals surface area contributed by atoms with Crippen LogP contribution in [0.15, 0.2) is 0 Å². The molecule has 0 aliphatic heterocycles. The molecule has 0 saturated carbocycles. The van der Waals surface area contributed by atoms with E-state index >= 15 is 0 Å². The number of rotatable bonds is 6. The SMILES string of the molecule is C.C.CCC(C)(C)C(=O)OCCOC(=O)C(C)(F)F. The van der Waals surface area contributed by atoms with Crippen molar-refractivity contribution in [3.8, 4) is 0 Å². The van der Waals surface area contributed by atoms with Crippen LogP contribution < -0.4 is 0 Å². The minimum Gasteiger partial charge on any atom is -0.462 e. The van der Waals surface area contributed by atoms with Gasteiger partial charge in [0.05, 0.1) is 5.41 Å². The first-order valence-corrected chi connectivity index (χ1v) is 5.33. The van der Waals surface area contributed by atoms with Crippen molar-refractivity contribution < 1.29 is 27.8 Å². The van der Waals surface area contributed by atoms with E-state index in [0.29, 0.717) is 13.3 Å². The zero-order valence-corrected chi connectivity index (χ0v) is 10.5. The maximum atomic E-state index is 12.4. The van der Waals surface area contributed by atoms with Crippen LogP contribution in [0.1, 0.15) is 49.0 Å². The van der Waals surface area contributed by atoms with Crippen LogP contribution in [0.4, 0.5) is 8.78 Å². The van der Waals surface area contributed by atoms with E-state index in [0.717, 1.165) is 0 Å². The highest BCUT2D eigenvalue weighted by Gasteiger charge is 2.34. The molecule has 0 radical (unpaired) electrons. The van der Waals surface area contributed by atoms with Crippen LogP contribution >= 0.6 is 0 Å². The van der Waals surface area contributed by atoms with Gasteiger partial charge in [0, 0.05) is 6.92 Å². The molecule has 0 aromatic rings. The molecule has 0 N–H and O–H groups in total. The predicted molar refractivity (Wildman–Crippen MR) is 70.1 cm³/mol. The van der Waals surface area contributed by atoms with E-state index in [1.54, 1.807) is 13.8 Å². The Balaban J connectivity index is -0.00000128. The summed E-state index contributed by atoms with van der Waals surface area (Å²) in [6, 6.07) is 0. The zero-order chi connectivity index (χ0) is 13.7. The Kier molecular flexibility index (Phi) is 10.7. The first kappa shape index (κ1) is 22.9. The number of hydrogen-bond acceptors (Lipinski definition) is 4. The first-order chi connectivity index (χ1) is 7.61. The zero-order valence-electron chi connectivity index (χ0n) is 10.5. The summed E-state index contributed by atoms with van der Waals surface area (Å²) in [5, 5.41) is 0. The van der Waals surface area contributed by atoms with Crippen LogP contribution in [0.25, 0.3) is 0 Å². The van der Waals surface area contributed by atoms with Gasteiger partial charge in [0.1, 0.15) is 13.2 Å². The van der Waals surface area contributed by atoms with Gasteiger partial charge in [-0.25, -0.2) is 4.79 Å². The normalized spacial score (nSPS) is 10.8. The molecule has 0 spiro atoms. The van der Waals surface area contributed by atoms with E-state index in [2.05, 4.69) is 4.74 Å². The molecule has 0 atom stereocenters. The number of esters is 2. The van der Waals surface area contributed by atoms with Gasteiger partial charge in [0.25, 0.3) is 0 Å². The highest BCUT2D eigenvalue weighted by atomic mass is 19.3. The van der Waals surface area contributed by atoms with Crippen molar-refractivity contribution in [3.05, 3.63) is 0 Å². The molecule has 0 fully saturated rings. The maximum absolute atomic E-state index is 12.4. The van der Waals surface area contributed by atoms with E-state index in [-0.39, 0.29) is 28.1 Å². The molecule has 0 rings (SSSR count). The third kappa shape index (κ3) is 8.51. The summed E-state index contributed by atoms with van der Waals surface area (Å²) in [7, 11) is 0. The van der Waals surface area contributed by atoms with Gasteiger partial charge in [-0.2, -0.15) is 8.78 Å². The van der Waals surface area contributed by atoms with Gasteiger partial charge in [-0.15, -0.1) is 0 Å². The van der Waals surface area contributed by atoms with E-state index in [1.165, 1.54) is 0 Å². The second kappa shape index (κ2) is 8.82. The Bertz CT molecular complexity index is 283. The van der Waals surface area contributed by atoms with Crippen molar-refractivity contribution in [2.24, 2.45) is 5.41 Å². The van der Waals surface area contributed by atoms with Gasteiger partial charge in [-0.1, -0.05) is 21.8 Å². The van der Waals surface area contributed by atoms with E-state index < -0.39 is 23.3 Å². The van der Waals surface area contributed by atoms with Gasteiger partial charge in [0.2, 0.25) is 0 Å². The summed E-state index contributed by atoms with van der Waals surface area (Å²) in [4.78, 5) is 22.1. The van der Waals surface area contributed by atoms with Crippen molar-refractivity contribution in [2.45, 2.75) is 54.9 Å². The Morgan fingerprint density at radius 2 is 1.32 bits per heavy atom. The molecule has 0 bridgehead atoms. The summed E-state index contributed by atoms with van der Waals surface area (Å²) < 4.78 is 33.8. The predicted octanol–water partition coefficient (Wildman–Crippen LogP) is 3.44. The van der Waals surface area contributed by atoms with Gasteiger partial charge in [0.15, 0.2) is 0 Å². The molecule has 19 heavy (non-hydrogen) atoms. The molecule has 0 aliphatic rings. The number of halogens is 2. The third-order valence-corrected chi connectivity index (χ3v) is 2.34. The van der Waals surface area contributed by atoms with Gasteiger partial charge in [-0.05, 0) is 20.3 Å². The van der Waals surface area contributed by atoms with E-state index in [4.69, 9.17) is 4.74 Å². The van der Waals surface area contributed by atoms with Crippen LogP contribution in [0, 0.1) is 5.41 Å². The standard InChI is InChI=1S/C11H18F2O4.2CH4/c1-5-10(2,3)8(14)16-6-7-17-9(15)11(4,12)13;;/h5-7H2,1-4H3;2*1H4. The van der Waals surface area contributed by atoms with Crippen molar-refractivity contribution in [1.29, 1.82) is 0 Å². The molecular formula is C13H26F2O4.